The van der Waals surface area contributed by atoms with E-state index in [1.807, 2.05) is 23.1 Å². The fraction of sp³-hybridized carbons (Fsp3) is 0.0769. The van der Waals surface area contributed by atoms with E-state index in [9.17, 15) is 4.79 Å². The standard InChI is InChI=1S/C13H9N7OS3/c1-20-6-16-8-9(20)14-5-15-11(8)23-13-19-18-12(24-13)17-10(21)7-3-2-4-22-7/h2-6H,1H3,(H,17,18,21). The fourth-order valence-electron chi connectivity index (χ4n) is 1.95. The normalized spacial score (nSPS) is 11.0. The summed E-state index contributed by atoms with van der Waals surface area (Å²) in [6.07, 6.45) is 3.18. The first kappa shape index (κ1) is 15.2. The number of hydrogen-bond donors (Lipinski definition) is 1. The molecule has 1 amide bonds. The third-order valence-electron chi connectivity index (χ3n) is 3.02. The summed E-state index contributed by atoms with van der Waals surface area (Å²) in [6.45, 7) is 0. The number of fused-ring (bicyclic) bond motifs is 1. The van der Waals surface area contributed by atoms with Gasteiger partial charge in [-0.1, -0.05) is 17.4 Å². The molecule has 4 heterocycles. The van der Waals surface area contributed by atoms with Gasteiger partial charge in [-0.2, -0.15) is 0 Å². The molecule has 0 aliphatic rings. The molecule has 4 aromatic rings. The number of carbonyl (C=O) groups is 1. The molecule has 0 saturated heterocycles. The smallest absolute Gasteiger partial charge is 0.267 e. The molecule has 0 fully saturated rings. The lowest BCUT2D eigenvalue weighted by atomic mass is 10.4. The predicted octanol–water partition coefficient (Wildman–Crippen LogP) is 2.68. The summed E-state index contributed by atoms with van der Waals surface area (Å²) in [5.74, 6) is -0.188. The Morgan fingerprint density at radius 3 is 3.04 bits per heavy atom. The molecule has 8 nitrogen and oxygen atoms in total. The Kier molecular flexibility index (Phi) is 3.96. The van der Waals surface area contributed by atoms with Crippen molar-refractivity contribution in [2.75, 3.05) is 5.32 Å². The third-order valence-corrected chi connectivity index (χ3v) is 5.77. The van der Waals surface area contributed by atoms with Crippen LogP contribution in [0.3, 0.4) is 0 Å². The number of thiophene rings is 1. The number of amides is 1. The molecular formula is C13H9N7OS3. The van der Waals surface area contributed by atoms with Gasteiger partial charge in [-0.25, -0.2) is 15.0 Å². The quantitative estimate of drug-likeness (QED) is 0.432. The summed E-state index contributed by atoms with van der Waals surface area (Å²) in [7, 11) is 1.87. The van der Waals surface area contributed by atoms with E-state index in [0.717, 1.165) is 5.65 Å². The van der Waals surface area contributed by atoms with Gasteiger partial charge in [0.15, 0.2) is 9.99 Å². The van der Waals surface area contributed by atoms with Gasteiger partial charge in [0.1, 0.15) is 16.9 Å². The molecule has 0 spiro atoms. The Bertz CT molecular complexity index is 1010. The van der Waals surface area contributed by atoms with E-state index in [1.54, 1.807) is 12.4 Å². The predicted molar refractivity (Wildman–Crippen MR) is 92.6 cm³/mol. The molecule has 11 heteroatoms. The molecule has 0 bridgehead atoms. The molecule has 0 unspecified atom stereocenters. The van der Waals surface area contributed by atoms with Gasteiger partial charge in [0.2, 0.25) is 5.13 Å². The minimum absolute atomic E-state index is 0.188. The lowest BCUT2D eigenvalue weighted by molar-refractivity contribution is 0.103. The van der Waals surface area contributed by atoms with Crippen LogP contribution in [0, 0.1) is 0 Å². The fourth-order valence-corrected chi connectivity index (χ4v) is 4.27. The molecule has 0 atom stereocenters. The number of rotatable bonds is 4. The van der Waals surface area contributed by atoms with Crippen molar-refractivity contribution in [2.45, 2.75) is 9.37 Å². The van der Waals surface area contributed by atoms with Gasteiger partial charge in [-0.05, 0) is 23.2 Å². The number of hydrogen-bond acceptors (Lipinski definition) is 9. The van der Waals surface area contributed by atoms with Crippen LogP contribution in [0.2, 0.25) is 0 Å². The third kappa shape index (κ3) is 2.88. The highest BCUT2D eigenvalue weighted by molar-refractivity contribution is 8.01. The van der Waals surface area contributed by atoms with Crippen molar-refractivity contribution in [1.29, 1.82) is 0 Å². The van der Waals surface area contributed by atoms with E-state index in [0.29, 0.717) is 24.9 Å². The maximum Gasteiger partial charge on any atom is 0.267 e. The Labute approximate surface area is 148 Å². The van der Waals surface area contributed by atoms with Gasteiger partial charge in [0.25, 0.3) is 5.91 Å². The Hall–Kier alpha value is -2.37. The van der Waals surface area contributed by atoms with Crippen molar-refractivity contribution in [3.8, 4) is 0 Å². The van der Waals surface area contributed by atoms with Gasteiger partial charge in [-0.3, -0.25) is 10.1 Å². The average Bonchev–Trinajstić information content (AvgIpc) is 3.30. The summed E-state index contributed by atoms with van der Waals surface area (Å²) < 4.78 is 2.50. The van der Waals surface area contributed by atoms with Crippen molar-refractivity contribution in [3.63, 3.8) is 0 Å². The van der Waals surface area contributed by atoms with E-state index < -0.39 is 0 Å². The summed E-state index contributed by atoms with van der Waals surface area (Å²) in [6, 6.07) is 3.59. The zero-order valence-corrected chi connectivity index (χ0v) is 14.7. The van der Waals surface area contributed by atoms with Gasteiger partial charge in [0.05, 0.1) is 11.2 Å². The molecular weight excluding hydrogens is 366 g/mol. The van der Waals surface area contributed by atoms with E-state index in [1.165, 1.54) is 40.8 Å². The van der Waals surface area contributed by atoms with Gasteiger partial charge in [-0.15, -0.1) is 21.5 Å². The Balaban J connectivity index is 1.53. The molecule has 24 heavy (non-hydrogen) atoms. The lowest BCUT2D eigenvalue weighted by Crippen LogP contribution is -2.09. The number of aryl methyl sites for hydroxylation is 1. The van der Waals surface area contributed by atoms with E-state index in [2.05, 4.69) is 30.5 Å². The minimum atomic E-state index is -0.188. The lowest BCUT2D eigenvalue weighted by Gasteiger charge is -1.98. The summed E-state index contributed by atoms with van der Waals surface area (Å²) in [5.41, 5.74) is 1.47. The molecule has 0 aliphatic carbocycles. The molecule has 4 aromatic heterocycles. The highest BCUT2D eigenvalue weighted by Crippen LogP contribution is 2.33. The van der Waals surface area contributed by atoms with E-state index in [4.69, 9.17) is 0 Å². The summed E-state index contributed by atoms with van der Waals surface area (Å²) in [5, 5.41) is 13.8. The van der Waals surface area contributed by atoms with Crippen molar-refractivity contribution in [2.24, 2.45) is 7.05 Å². The second kappa shape index (κ2) is 6.26. The van der Waals surface area contributed by atoms with Gasteiger partial charge < -0.3 is 4.57 Å². The van der Waals surface area contributed by atoms with Gasteiger partial charge in [0, 0.05) is 7.05 Å². The largest absolute Gasteiger partial charge is 0.318 e. The zero-order chi connectivity index (χ0) is 16.5. The number of carbonyl (C=O) groups excluding carboxylic acids is 1. The molecule has 1 N–H and O–H groups in total. The second-order valence-electron chi connectivity index (χ2n) is 4.61. The molecule has 120 valence electrons. The number of anilines is 1. The first-order chi connectivity index (χ1) is 11.7. The average molecular weight is 375 g/mol. The summed E-state index contributed by atoms with van der Waals surface area (Å²) >= 11 is 4.01. The number of nitrogens with zero attached hydrogens (tertiary/aromatic N) is 6. The Morgan fingerprint density at radius 1 is 1.29 bits per heavy atom. The first-order valence-corrected chi connectivity index (χ1v) is 9.20. The van der Waals surface area contributed by atoms with Crippen LogP contribution >= 0.6 is 34.4 Å². The molecule has 0 saturated carbocycles. The highest BCUT2D eigenvalue weighted by atomic mass is 32.2. The topological polar surface area (TPSA) is 98.5 Å². The number of imidazole rings is 1. The van der Waals surface area contributed by atoms with Crippen LogP contribution in [-0.2, 0) is 7.05 Å². The van der Waals surface area contributed by atoms with Crippen LogP contribution in [0.25, 0.3) is 11.2 Å². The summed E-state index contributed by atoms with van der Waals surface area (Å²) in [4.78, 5) is 25.4. The van der Waals surface area contributed by atoms with Crippen LogP contribution in [-0.4, -0.2) is 35.6 Å². The number of nitrogens with one attached hydrogen (secondary N) is 1. The van der Waals surface area contributed by atoms with Crippen LogP contribution < -0.4 is 5.32 Å². The van der Waals surface area contributed by atoms with Crippen LogP contribution in [0.4, 0.5) is 5.13 Å². The van der Waals surface area contributed by atoms with Gasteiger partial charge >= 0.3 is 0 Å². The molecule has 0 radical (unpaired) electrons. The molecule has 4 rings (SSSR count). The minimum Gasteiger partial charge on any atom is -0.318 e. The van der Waals surface area contributed by atoms with Crippen molar-refractivity contribution in [1.82, 2.24) is 29.7 Å². The van der Waals surface area contributed by atoms with Crippen LogP contribution in [0.15, 0.2) is 39.5 Å². The Morgan fingerprint density at radius 2 is 2.21 bits per heavy atom. The van der Waals surface area contributed by atoms with E-state index in [-0.39, 0.29) is 5.91 Å². The number of aromatic nitrogens is 6. The second-order valence-corrected chi connectivity index (χ2v) is 7.77. The SMILES string of the molecule is Cn1cnc2c(Sc3nnc(NC(=O)c4cccs4)s3)ncnc21. The maximum absolute atomic E-state index is 12.0. The first-order valence-electron chi connectivity index (χ1n) is 6.69. The van der Waals surface area contributed by atoms with Crippen molar-refractivity contribution >= 4 is 56.6 Å². The monoisotopic (exact) mass is 375 g/mol. The molecule has 0 aliphatic heterocycles. The van der Waals surface area contributed by atoms with Crippen molar-refractivity contribution in [3.05, 3.63) is 35.0 Å². The zero-order valence-electron chi connectivity index (χ0n) is 12.2. The van der Waals surface area contributed by atoms with Crippen LogP contribution in [0.1, 0.15) is 9.67 Å². The van der Waals surface area contributed by atoms with Crippen molar-refractivity contribution < 1.29 is 4.79 Å². The maximum atomic E-state index is 12.0. The highest BCUT2D eigenvalue weighted by Gasteiger charge is 2.15. The van der Waals surface area contributed by atoms with E-state index >= 15 is 0 Å². The van der Waals surface area contributed by atoms with Crippen LogP contribution in [0.5, 0.6) is 0 Å². The molecule has 0 aromatic carbocycles.